The van der Waals surface area contributed by atoms with Crippen LogP contribution in [0.1, 0.15) is 11.1 Å². The summed E-state index contributed by atoms with van der Waals surface area (Å²) in [5.74, 6) is 0.393. The Bertz CT molecular complexity index is 980. The van der Waals surface area contributed by atoms with E-state index in [1.165, 1.54) is 5.56 Å². The van der Waals surface area contributed by atoms with Crippen molar-refractivity contribution in [1.29, 1.82) is 0 Å². The lowest BCUT2D eigenvalue weighted by atomic mass is 10.0. The first-order chi connectivity index (χ1) is 11.7. The molecule has 134 valence electrons. The van der Waals surface area contributed by atoms with E-state index in [4.69, 9.17) is 5.26 Å². The minimum Gasteiger partial charge on any atom is -0.707 e. The van der Waals surface area contributed by atoms with E-state index in [0.717, 1.165) is 22.9 Å². The highest BCUT2D eigenvalue weighted by molar-refractivity contribution is 7.85. The third-order valence-electron chi connectivity index (χ3n) is 3.64. The van der Waals surface area contributed by atoms with Crippen molar-refractivity contribution in [2.75, 3.05) is 6.26 Å². The van der Waals surface area contributed by atoms with Gasteiger partial charge in [-0.1, -0.05) is 6.07 Å². The Kier molecular flexibility index (Phi) is 5.78. The Morgan fingerprint density at radius 2 is 1.96 bits per heavy atom. The van der Waals surface area contributed by atoms with E-state index < -0.39 is 10.1 Å². The number of hydrogen-bond acceptors (Lipinski definition) is 5. The van der Waals surface area contributed by atoms with Crippen molar-refractivity contribution in [1.82, 2.24) is 4.57 Å². The van der Waals surface area contributed by atoms with Crippen LogP contribution in [0.2, 0.25) is 0 Å². The van der Waals surface area contributed by atoms with Crippen molar-refractivity contribution >= 4 is 21.0 Å². The molecule has 2 heterocycles. The van der Waals surface area contributed by atoms with Gasteiger partial charge in [0.1, 0.15) is 12.8 Å². The zero-order chi connectivity index (χ0) is 18.6. The molecule has 0 saturated heterocycles. The molecule has 0 aliphatic rings. The summed E-state index contributed by atoms with van der Waals surface area (Å²) in [5, 5.41) is 20.2. The van der Waals surface area contributed by atoms with Gasteiger partial charge in [0.2, 0.25) is 0 Å². The summed E-state index contributed by atoms with van der Waals surface area (Å²) in [5.41, 5.74) is 3.21. The molecule has 3 aromatic rings. The number of pyridine rings is 1. The molecular weight excluding hydrogens is 344 g/mol. The number of phenolic OH excluding ortho intramolecular Hbond substituents is 1. The summed E-state index contributed by atoms with van der Waals surface area (Å²) in [6.07, 6.45) is 7.47. The van der Waals surface area contributed by atoms with Gasteiger partial charge in [-0.15, -0.1) is 0 Å². The van der Waals surface area contributed by atoms with Crippen LogP contribution in [-0.2, 0) is 35.0 Å². The molecule has 0 aliphatic heterocycles. The molecule has 7 nitrogen and oxygen atoms in total. The predicted octanol–water partition coefficient (Wildman–Crippen LogP) is 0.537. The van der Waals surface area contributed by atoms with Crippen LogP contribution >= 0.6 is 0 Å². The number of phenols is 1. The lowest BCUT2D eigenvalue weighted by Crippen LogP contribution is -2.26. The first kappa shape index (κ1) is 18.9. The highest BCUT2D eigenvalue weighted by Gasteiger charge is 2.10. The highest BCUT2D eigenvalue weighted by Crippen LogP contribution is 2.30. The van der Waals surface area contributed by atoms with Crippen molar-refractivity contribution in [3.8, 4) is 5.75 Å². The molecule has 0 saturated carbocycles. The summed E-state index contributed by atoms with van der Waals surface area (Å²) in [7, 11) is 0.271. The second kappa shape index (κ2) is 7.64. The number of rotatable bonds is 3. The van der Waals surface area contributed by atoms with Gasteiger partial charge in [0, 0.05) is 36.7 Å². The molecule has 2 aromatic heterocycles. The predicted molar refractivity (Wildman–Crippen MR) is 90.9 cm³/mol. The van der Waals surface area contributed by atoms with Crippen LogP contribution in [0.3, 0.4) is 0 Å². The monoisotopic (exact) mass is 364 g/mol. The van der Waals surface area contributed by atoms with Crippen molar-refractivity contribution in [3.05, 3.63) is 60.0 Å². The van der Waals surface area contributed by atoms with Crippen molar-refractivity contribution in [2.45, 2.75) is 6.42 Å². The Balaban J connectivity index is 0.000000326. The fourth-order valence-electron chi connectivity index (χ4n) is 2.50. The number of fused-ring (bicyclic) bond motifs is 1. The van der Waals surface area contributed by atoms with E-state index in [1.54, 1.807) is 0 Å². The minimum absolute atomic E-state index is 0.393. The van der Waals surface area contributed by atoms with E-state index in [-0.39, 0.29) is 0 Å². The summed E-state index contributed by atoms with van der Waals surface area (Å²) < 4.78 is 25.6. The second-order valence-electron chi connectivity index (χ2n) is 5.76. The number of aromatic nitrogens is 2. The molecule has 0 spiro atoms. The van der Waals surface area contributed by atoms with Gasteiger partial charge < -0.3 is 19.3 Å². The van der Waals surface area contributed by atoms with Gasteiger partial charge in [-0.25, -0.2) is 13.0 Å². The van der Waals surface area contributed by atoms with E-state index in [2.05, 4.69) is 22.7 Å². The fraction of sp³-hybridized carbons (Fsp3) is 0.235. The molecule has 0 aliphatic carbocycles. The second-order valence-corrected chi connectivity index (χ2v) is 7.30. The highest BCUT2D eigenvalue weighted by atomic mass is 32.2. The molecule has 0 bridgehead atoms. The largest absolute Gasteiger partial charge is 0.707 e. The lowest BCUT2D eigenvalue weighted by Gasteiger charge is -2.06. The normalized spacial score (nSPS) is 11.2. The lowest BCUT2D eigenvalue weighted by molar-refractivity contribution is -0.671. The van der Waals surface area contributed by atoms with Crippen molar-refractivity contribution in [3.63, 3.8) is 0 Å². The molecule has 25 heavy (non-hydrogen) atoms. The molecule has 1 aromatic carbocycles. The molecule has 0 unspecified atom stereocenters. The number of benzene rings is 1. The summed E-state index contributed by atoms with van der Waals surface area (Å²) >= 11 is 0. The first-order valence-corrected chi connectivity index (χ1v) is 9.24. The molecule has 0 fully saturated rings. The molecule has 3 rings (SSSR count). The number of aryl methyl sites for hydroxylation is 2. The molecule has 1 N–H and O–H groups in total. The molecule has 0 atom stereocenters. The van der Waals surface area contributed by atoms with Crippen LogP contribution in [0.15, 0.2) is 48.9 Å². The van der Waals surface area contributed by atoms with Gasteiger partial charge in [0.25, 0.3) is 10.1 Å². The maximum absolute atomic E-state index is 10.4. The van der Waals surface area contributed by atoms with Crippen molar-refractivity contribution in [2.24, 2.45) is 14.1 Å². The van der Waals surface area contributed by atoms with E-state index >= 15 is 0 Å². The minimum atomic E-state index is -3.72. The number of nitrogens with zero attached hydrogens (tertiary/aromatic N) is 2. The van der Waals surface area contributed by atoms with Gasteiger partial charge in [0.15, 0.2) is 12.4 Å². The maximum atomic E-state index is 10.4. The van der Waals surface area contributed by atoms with Gasteiger partial charge in [-0.05, 0) is 23.8 Å². The Labute approximate surface area is 146 Å². The van der Waals surface area contributed by atoms with Crippen LogP contribution in [0.4, 0.5) is 0 Å². The van der Waals surface area contributed by atoms with Crippen LogP contribution < -0.4 is 9.82 Å². The summed E-state index contributed by atoms with van der Waals surface area (Å²) in [4.78, 5) is 0. The number of aromatic hydroxyl groups is 1. The molecule has 8 heteroatoms. The first-order valence-electron chi connectivity index (χ1n) is 7.42. The fourth-order valence-corrected chi connectivity index (χ4v) is 2.50. The van der Waals surface area contributed by atoms with Gasteiger partial charge in [0.05, 0.1) is 11.8 Å². The van der Waals surface area contributed by atoms with Crippen LogP contribution in [0, 0.1) is 0 Å². The Morgan fingerprint density at radius 1 is 1.28 bits per heavy atom. The van der Waals surface area contributed by atoms with E-state index in [0.29, 0.717) is 12.0 Å². The average Bonchev–Trinajstić information content (AvgIpc) is 2.92. The van der Waals surface area contributed by atoms with Gasteiger partial charge in [-0.2, -0.15) is 0 Å². The molecular formula is C17H20N2O5S. The van der Waals surface area contributed by atoms with E-state index in [1.807, 2.05) is 53.8 Å². The van der Waals surface area contributed by atoms with Crippen LogP contribution in [-0.4, -0.2) is 24.3 Å². The van der Waals surface area contributed by atoms with Crippen LogP contribution in [0.5, 0.6) is 5.75 Å². The Hall–Kier alpha value is -2.42. The third kappa shape index (κ3) is 5.02. The van der Waals surface area contributed by atoms with E-state index in [9.17, 15) is 13.5 Å². The topological polar surface area (TPSA) is 95.5 Å². The standard InChI is InChI=1S/C16H16N2O.CH4O4S/c1-17-8-3-4-12(11-17)10-13-5-6-15-14(16(13)19)7-9-18(15)2;1-6(3,4)5-2/h3-9,11H,10H2,1-2H3;2H,1H3. The zero-order valence-electron chi connectivity index (χ0n) is 14.2. The average molecular weight is 364 g/mol. The maximum Gasteiger partial charge on any atom is 0.255 e. The summed E-state index contributed by atoms with van der Waals surface area (Å²) in [6.45, 7) is 0. The van der Waals surface area contributed by atoms with Crippen molar-refractivity contribution < 1.29 is 27.7 Å². The third-order valence-corrected chi connectivity index (χ3v) is 3.89. The molecule has 0 amide bonds. The number of hydrogen-bond donors (Lipinski definition) is 1. The van der Waals surface area contributed by atoms with Gasteiger partial charge >= 0.3 is 0 Å². The Morgan fingerprint density at radius 3 is 2.56 bits per heavy atom. The van der Waals surface area contributed by atoms with Gasteiger partial charge in [-0.3, -0.25) is 0 Å². The smallest absolute Gasteiger partial charge is 0.255 e. The van der Waals surface area contributed by atoms with Crippen LogP contribution in [0.25, 0.3) is 10.9 Å². The SMILES string of the molecule is CS(=O)(=O)O[O-].Cn1ccc2c(O)c(Cc3ccc[n+](C)c3)ccc21. The zero-order valence-corrected chi connectivity index (χ0v) is 15.0. The molecule has 0 radical (unpaired) electrons. The quantitative estimate of drug-likeness (QED) is 0.416. The summed E-state index contributed by atoms with van der Waals surface area (Å²) in [6, 6.07) is 10.1.